The summed E-state index contributed by atoms with van der Waals surface area (Å²) in [6, 6.07) is 3.47. The Labute approximate surface area is 101 Å². The van der Waals surface area contributed by atoms with Crippen LogP contribution in [0.25, 0.3) is 0 Å². The lowest BCUT2D eigenvalue weighted by molar-refractivity contribution is 0.174. The van der Waals surface area contributed by atoms with Gasteiger partial charge in [0.25, 0.3) is 0 Å². The highest BCUT2D eigenvalue weighted by atomic mass is 19.2. The van der Waals surface area contributed by atoms with E-state index in [1.807, 2.05) is 0 Å². The van der Waals surface area contributed by atoms with Gasteiger partial charge in [-0.1, -0.05) is 25.8 Å². The normalized spacial score (nSPS) is 12.7. The Morgan fingerprint density at radius 1 is 1.24 bits per heavy atom. The van der Waals surface area contributed by atoms with Crippen LogP contribution >= 0.6 is 0 Å². The van der Waals surface area contributed by atoms with Gasteiger partial charge in [0.2, 0.25) is 0 Å². The van der Waals surface area contributed by atoms with E-state index in [2.05, 4.69) is 12.2 Å². The molecule has 0 amide bonds. The van der Waals surface area contributed by atoms with Crippen LogP contribution in [-0.2, 0) is 0 Å². The lowest BCUT2D eigenvalue weighted by Gasteiger charge is -2.12. The maximum atomic E-state index is 12.9. The van der Waals surface area contributed by atoms with Crippen molar-refractivity contribution in [1.82, 2.24) is 5.32 Å². The second kappa shape index (κ2) is 7.35. The zero-order valence-corrected chi connectivity index (χ0v) is 10.0. The molecule has 1 unspecified atom stereocenters. The second-order valence-electron chi connectivity index (χ2n) is 4.10. The highest BCUT2D eigenvalue weighted by Gasteiger charge is 2.10. The van der Waals surface area contributed by atoms with Crippen molar-refractivity contribution in [2.75, 3.05) is 13.1 Å². The van der Waals surface area contributed by atoms with Crippen molar-refractivity contribution in [3.05, 3.63) is 35.4 Å². The molecule has 4 heteroatoms. The summed E-state index contributed by atoms with van der Waals surface area (Å²) < 4.78 is 25.6. The third kappa shape index (κ3) is 4.79. The molecule has 1 aromatic carbocycles. The second-order valence-corrected chi connectivity index (χ2v) is 4.10. The van der Waals surface area contributed by atoms with E-state index >= 15 is 0 Å². The molecule has 0 aliphatic heterocycles. The number of aliphatic hydroxyl groups is 1. The van der Waals surface area contributed by atoms with E-state index in [9.17, 15) is 13.9 Å². The fraction of sp³-hybridized carbons (Fsp3) is 0.538. The number of nitrogens with one attached hydrogen (secondary N) is 1. The van der Waals surface area contributed by atoms with Crippen molar-refractivity contribution in [2.45, 2.75) is 32.3 Å². The van der Waals surface area contributed by atoms with Gasteiger partial charge in [0.05, 0.1) is 6.10 Å². The predicted molar refractivity (Wildman–Crippen MR) is 63.7 cm³/mol. The molecule has 0 aromatic heterocycles. The number of benzene rings is 1. The standard InChI is InChI=1S/C13H19F2NO/c1-2-3-4-7-16-9-13(17)10-5-6-11(14)12(15)8-10/h5-6,8,13,16-17H,2-4,7,9H2,1H3. The van der Waals surface area contributed by atoms with Crippen LogP contribution < -0.4 is 5.32 Å². The molecule has 96 valence electrons. The number of rotatable bonds is 7. The Morgan fingerprint density at radius 2 is 2.00 bits per heavy atom. The molecule has 0 spiro atoms. The van der Waals surface area contributed by atoms with Crippen molar-refractivity contribution in [3.8, 4) is 0 Å². The minimum absolute atomic E-state index is 0.356. The fourth-order valence-corrected chi connectivity index (χ4v) is 1.58. The van der Waals surface area contributed by atoms with Gasteiger partial charge in [-0.05, 0) is 30.7 Å². The summed E-state index contributed by atoms with van der Waals surface area (Å²) in [5.74, 6) is -1.82. The molecule has 0 saturated carbocycles. The summed E-state index contributed by atoms with van der Waals surface area (Å²) in [7, 11) is 0. The lowest BCUT2D eigenvalue weighted by Crippen LogP contribution is -2.22. The molecule has 0 aliphatic rings. The fourth-order valence-electron chi connectivity index (χ4n) is 1.58. The minimum Gasteiger partial charge on any atom is -0.387 e. The average molecular weight is 243 g/mol. The zero-order chi connectivity index (χ0) is 12.7. The van der Waals surface area contributed by atoms with Crippen molar-refractivity contribution in [3.63, 3.8) is 0 Å². The van der Waals surface area contributed by atoms with Crippen molar-refractivity contribution in [1.29, 1.82) is 0 Å². The number of hydrogen-bond acceptors (Lipinski definition) is 2. The summed E-state index contributed by atoms with van der Waals surface area (Å²) >= 11 is 0. The van der Waals surface area contributed by atoms with Crippen molar-refractivity contribution < 1.29 is 13.9 Å². The van der Waals surface area contributed by atoms with Crippen LogP contribution in [0.5, 0.6) is 0 Å². The maximum absolute atomic E-state index is 12.9. The van der Waals surface area contributed by atoms with Crippen LogP contribution in [0, 0.1) is 11.6 Å². The van der Waals surface area contributed by atoms with E-state index in [0.29, 0.717) is 12.1 Å². The zero-order valence-electron chi connectivity index (χ0n) is 10.0. The summed E-state index contributed by atoms with van der Waals surface area (Å²) in [6.07, 6.45) is 2.55. The van der Waals surface area contributed by atoms with E-state index in [1.54, 1.807) is 0 Å². The van der Waals surface area contributed by atoms with E-state index in [0.717, 1.165) is 37.9 Å². The maximum Gasteiger partial charge on any atom is 0.159 e. The first kappa shape index (κ1) is 14.1. The summed E-state index contributed by atoms with van der Waals surface area (Å²) in [6.45, 7) is 3.31. The molecule has 0 aliphatic carbocycles. The van der Waals surface area contributed by atoms with Gasteiger partial charge in [-0.25, -0.2) is 8.78 Å². The Morgan fingerprint density at radius 3 is 2.65 bits per heavy atom. The van der Waals surface area contributed by atoms with E-state index in [1.165, 1.54) is 6.07 Å². The van der Waals surface area contributed by atoms with E-state index in [-0.39, 0.29) is 0 Å². The van der Waals surface area contributed by atoms with Gasteiger partial charge >= 0.3 is 0 Å². The molecule has 17 heavy (non-hydrogen) atoms. The van der Waals surface area contributed by atoms with Crippen LogP contribution in [0.1, 0.15) is 37.9 Å². The Kier molecular flexibility index (Phi) is 6.08. The first-order valence-electron chi connectivity index (χ1n) is 5.99. The number of hydrogen-bond donors (Lipinski definition) is 2. The van der Waals surface area contributed by atoms with Gasteiger partial charge in [-0.15, -0.1) is 0 Å². The topological polar surface area (TPSA) is 32.3 Å². The quantitative estimate of drug-likeness (QED) is 0.722. The molecule has 0 heterocycles. The third-order valence-electron chi connectivity index (χ3n) is 2.62. The molecular formula is C13H19F2NO. The molecule has 2 nitrogen and oxygen atoms in total. The lowest BCUT2D eigenvalue weighted by atomic mass is 10.1. The van der Waals surface area contributed by atoms with Gasteiger partial charge < -0.3 is 10.4 Å². The first-order chi connectivity index (χ1) is 8.15. The molecule has 0 saturated heterocycles. The smallest absolute Gasteiger partial charge is 0.159 e. The van der Waals surface area contributed by atoms with Crippen molar-refractivity contribution in [2.24, 2.45) is 0 Å². The summed E-state index contributed by atoms with van der Waals surface area (Å²) in [4.78, 5) is 0. The first-order valence-corrected chi connectivity index (χ1v) is 5.99. The largest absolute Gasteiger partial charge is 0.387 e. The molecule has 0 radical (unpaired) electrons. The van der Waals surface area contributed by atoms with Crippen LogP contribution in [0.15, 0.2) is 18.2 Å². The molecule has 1 aromatic rings. The summed E-state index contributed by atoms with van der Waals surface area (Å²) in [5, 5.41) is 12.8. The minimum atomic E-state index is -0.924. The SMILES string of the molecule is CCCCCNCC(O)c1ccc(F)c(F)c1. The van der Waals surface area contributed by atoms with Gasteiger partial charge in [-0.2, -0.15) is 0 Å². The Balaban J connectivity index is 2.36. The van der Waals surface area contributed by atoms with Crippen LogP contribution in [0.2, 0.25) is 0 Å². The molecule has 1 atom stereocenters. The molecular weight excluding hydrogens is 224 g/mol. The third-order valence-corrected chi connectivity index (χ3v) is 2.62. The van der Waals surface area contributed by atoms with Crippen LogP contribution in [-0.4, -0.2) is 18.2 Å². The monoisotopic (exact) mass is 243 g/mol. The molecule has 1 rings (SSSR count). The molecule has 0 fully saturated rings. The average Bonchev–Trinajstić information content (AvgIpc) is 2.32. The van der Waals surface area contributed by atoms with Gasteiger partial charge in [0.1, 0.15) is 0 Å². The van der Waals surface area contributed by atoms with Gasteiger partial charge in [0, 0.05) is 6.54 Å². The Bertz CT molecular complexity index is 344. The highest BCUT2D eigenvalue weighted by Crippen LogP contribution is 2.15. The predicted octanol–water partition coefficient (Wildman–Crippen LogP) is 2.78. The number of unbranched alkanes of at least 4 members (excludes halogenated alkanes) is 2. The molecule has 0 bridgehead atoms. The van der Waals surface area contributed by atoms with E-state index in [4.69, 9.17) is 0 Å². The number of aliphatic hydroxyl groups excluding tert-OH is 1. The van der Waals surface area contributed by atoms with E-state index < -0.39 is 17.7 Å². The van der Waals surface area contributed by atoms with Gasteiger partial charge in [-0.3, -0.25) is 0 Å². The van der Waals surface area contributed by atoms with Crippen LogP contribution in [0.4, 0.5) is 8.78 Å². The molecule has 2 N–H and O–H groups in total. The highest BCUT2D eigenvalue weighted by molar-refractivity contribution is 5.20. The number of halogens is 2. The van der Waals surface area contributed by atoms with Crippen molar-refractivity contribution >= 4 is 0 Å². The Hall–Kier alpha value is -1.00. The van der Waals surface area contributed by atoms with Crippen LogP contribution in [0.3, 0.4) is 0 Å². The van der Waals surface area contributed by atoms with Gasteiger partial charge in [0.15, 0.2) is 11.6 Å². The summed E-state index contributed by atoms with van der Waals surface area (Å²) in [5.41, 5.74) is 0.395.